The van der Waals surface area contributed by atoms with E-state index in [1.165, 1.54) is 19.3 Å². The maximum atomic E-state index is 11.5. The minimum absolute atomic E-state index is 0.472. The molecule has 1 atom stereocenters. The Morgan fingerprint density at radius 2 is 1.92 bits per heavy atom. The Labute approximate surface area is 79.7 Å². The van der Waals surface area contributed by atoms with Crippen LogP contribution in [0.15, 0.2) is 0 Å². The Morgan fingerprint density at radius 3 is 2.46 bits per heavy atom. The molecule has 1 aliphatic heterocycles. The predicted octanol–water partition coefficient (Wildman–Crippen LogP) is 2.17. The fourth-order valence-electron chi connectivity index (χ4n) is 2.17. The maximum Gasteiger partial charge on any atom is 0.133 e. The summed E-state index contributed by atoms with van der Waals surface area (Å²) >= 11 is 0. The predicted molar refractivity (Wildman–Crippen MR) is 50.5 cm³/mol. The molecule has 1 saturated carbocycles. The first-order chi connectivity index (χ1) is 6.34. The Balaban J connectivity index is 1.64. The van der Waals surface area contributed by atoms with E-state index >= 15 is 0 Å². The topological polar surface area (TPSA) is 26.3 Å². The SMILES string of the molecule is O=C(CC1CCC1)CC1CCOC1. The van der Waals surface area contributed by atoms with Crippen molar-refractivity contribution in [1.82, 2.24) is 0 Å². The quantitative estimate of drug-likeness (QED) is 0.666. The largest absolute Gasteiger partial charge is 0.381 e. The minimum Gasteiger partial charge on any atom is -0.381 e. The van der Waals surface area contributed by atoms with Crippen molar-refractivity contribution in [2.75, 3.05) is 13.2 Å². The molecule has 0 amide bonds. The van der Waals surface area contributed by atoms with Crippen LogP contribution in [0.2, 0.25) is 0 Å². The van der Waals surface area contributed by atoms with Crippen LogP contribution >= 0.6 is 0 Å². The van der Waals surface area contributed by atoms with Gasteiger partial charge >= 0.3 is 0 Å². The minimum atomic E-state index is 0.472. The molecule has 2 heteroatoms. The maximum absolute atomic E-state index is 11.5. The van der Waals surface area contributed by atoms with Gasteiger partial charge < -0.3 is 4.74 Å². The molecule has 0 aromatic rings. The second kappa shape index (κ2) is 4.23. The van der Waals surface area contributed by atoms with Gasteiger partial charge in [0.15, 0.2) is 0 Å². The van der Waals surface area contributed by atoms with E-state index in [4.69, 9.17) is 4.74 Å². The molecule has 74 valence electrons. The second-order valence-corrected chi connectivity index (χ2v) is 4.47. The summed E-state index contributed by atoms with van der Waals surface area (Å²) in [6.45, 7) is 1.68. The third-order valence-electron chi connectivity index (χ3n) is 3.28. The van der Waals surface area contributed by atoms with Gasteiger partial charge in [0, 0.05) is 26.1 Å². The van der Waals surface area contributed by atoms with E-state index in [1.807, 2.05) is 0 Å². The van der Waals surface area contributed by atoms with E-state index in [0.29, 0.717) is 11.7 Å². The Morgan fingerprint density at radius 1 is 1.15 bits per heavy atom. The number of carbonyl (C=O) groups is 1. The molecule has 1 saturated heterocycles. The van der Waals surface area contributed by atoms with E-state index in [1.54, 1.807) is 0 Å². The summed E-state index contributed by atoms with van der Waals surface area (Å²) in [5.74, 6) is 1.74. The number of hydrogen-bond acceptors (Lipinski definition) is 2. The van der Waals surface area contributed by atoms with Gasteiger partial charge in [0.1, 0.15) is 5.78 Å². The highest BCUT2D eigenvalue weighted by atomic mass is 16.5. The van der Waals surface area contributed by atoms with Gasteiger partial charge in [0.05, 0.1) is 0 Å². The normalized spacial score (nSPS) is 28.8. The van der Waals surface area contributed by atoms with Crippen molar-refractivity contribution in [2.45, 2.75) is 38.5 Å². The van der Waals surface area contributed by atoms with Gasteiger partial charge in [-0.1, -0.05) is 19.3 Å². The molecule has 1 heterocycles. The lowest BCUT2D eigenvalue weighted by Gasteiger charge is -2.24. The number of ether oxygens (including phenoxy) is 1. The highest BCUT2D eigenvalue weighted by Gasteiger charge is 2.24. The average Bonchev–Trinajstić information content (AvgIpc) is 2.49. The zero-order chi connectivity index (χ0) is 9.10. The molecule has 2 aliphatic rings. The number of ketones is 1. The molecule has 0 bridgehead atoms. The van der Waals surface area contributed by atoms with Gasteiger partial charge in [-0.2, -0.15) is 0 Å². The fraction of sp³-hybridized carbons (Fsp3) is 0.909. The molecule has 0 aromatic carbocycles. The molecule has 1 unspecified atom stereocenters. The highest BCUT2D eigenvalue weighted by Crippen LogP contribution is 2.30. The van der Waals surface area contributed by atoms with Gasteiger partial charge in [-0.25, -0.2) is 0 Å². The average molecular weight is 182 g/mol. The van der Waals surface area contributed by atoms with Gasteiger partial charge in [0.2, 0.25) is 0 Å². The summed E-state index contributed by atoms with van der Waals surface area (Å²) in [4.78, 5) is 11.5. The third kappa shape index (κ3) is 2.53. The Kier molecular flexibility index (Phi) is 2.99. The molecule has 2 fully saturated rings. The van der Waals surface area contributed by atoms with Crippen LogP contribution in [0.5, 0.6) is 0 Å². The summed E-state index contributed by atoms with van der Waals surface area (Å²) in [5.41, 5.74) is 0. The van der Waals surface area contributed by atoms with Crippen molar-refractivity contribution in [3.05, 3.63) is 0 Å². The van der Waals surface area contributed by atoms with Gasteiger partial charge in [-0.05, 0) is 18.3 Å². The van der Waals surface area contributed by atoms with Gasteiger partial charge in [0.25, 0.3) is 0 Å². The lowest BCUT2D eigenvalue weighted by molar-refractivity contribution is -0.121. The summed E-state index contributed by atoms with van der Waals surface area (Å²) < 4.78 is 5.25. The molecule has 13 heavy (non-hydrogen) atoms. The summed E-state index contributed by atoms with van der Waals surface area (Å²) in [6, 6.07) is 0. The smallest absolute Gasteiger partial charge is 0.133 e. The van der Waals surface area contributed by atoms with Crippen LogP contribution in [0.4, 0.5) is 0 Å². The number of rotatable bonds is 4. The number of carbonyl (C=O) groups excluding carboxylic acids is 1. The molecule has 2 nitrogen and oxygen atoms in total. The summed E-state index contributed by atoms with van der Waals surface area (Å²) in [6.07, 6.45) is 6.62. The van der Waals surface area contributed by atoms with Crippen molar-refractivity contribution in [3.8, 4) is 0 Å². The zero-order valence-corrected chi connectivity index (χ0v) is 8.13. The van der Waals surface area contributed by atoms with E-state index in [-0.39, 0.29) is 0 Å². The molecule has 0 aromatic heterocycles. The van der Waals surface area contributed by atoms with Crippen LogP contribution in [-0.2, 0) is 9.53 Å². The summed E-state index contributed by atoms with van der Waals surface area (Å²) in [5, 5.41) is 0. The first kappa shape index (κ1) is 9.20. The van der Waals surface area contributed by atoms with Crippen LogP contribution in [0.25, 0.3) is 0 Å². The zero-order valence-electron chi connectivity index (χ0n) is 8.13. The van der Waals surface area contributed by atoms with Gasteiger partial charge in [-0.15, -0.1) is 0 Å². The Bertz CT molecular complexity index is 179. The molecule has 1 aliphatic carbocycles. The Hall–Kier alpha value is -0.370. The van der Waals surface area contributed by atoms with Crippen molar-refractivity contribution < 1.29 is 9.53 Å². The van der Waals surface area contributed by atoms with E-state index in [0.717, 1.165) is 38.4 Å². The van der Waals surface area contributed by atoms with Crippen molar-refractivity contribution in [1.29, 1.82) is 0 Å². The number of Topliss-reactive ketones (excluding diaryl/α,β-unsaturated/α-hetero) is 1. The second-order valence-electron chi connectivity index (χ2n) is 4.47. The molecule has 2 rings (SSSR count). The molecule has 0 radical (unpaired) electrons. The van der Waals surface area contributed by atoms with E-state index in [2.05, 4.69) is 0 Å². The van der Waals surface area contributed by atoms with Crippen LogP contribution in [0.1, 0.15) is 38.5 Å². The molecular formula is C11H18O2. The van der Waals surface area contributed by atoms with Crippen LogP contribution < -0.4 is 0 Å². The van der Waals surface area contributed by atoms with Crippen molar-refractivity contribution in [3.63, 3.8) is 0 Å². The standard InChI is InChI=1S/C11H18O2/c12-11(6-9-2-1-3-9)7-10-4-5-13-8-10/h9-10H,1-8H2. The van der Waals surface area contributed by atoms with Crippen molar-refractivity contribution >= 4 is 5.78 Å². The highest BCUT2D eigenvalue weighted by molar-refractivity contribution is 5.79. The van der Waals surface area contributed by atoms with Crippen molar-refractivity contribution in [2.24, 2.45) is 11.8 Å². The van der Waals surface area contributed by atoms with E-state index in [9.17, 15) is 4.79 Å². The monoisotopic (exact) mass is 182 g/mol. The lowest BCUT2D eigenvalue weighted by Crippen LogP contribution is -2.18. The van der Waals surface area contributed by atoms with E-state index < -0.39 is 0 Å². The molecule has 0 N–H and O–H groups in total. The van der Waals surface area contributed by atoms with Gasteiger partial charge in [-0.3, -0.25) is 4.79 Å². The molecular weight excluding hydrogens is 164 g/mol. The lowest BCUT2D eigenvalue weighted by atomic mass is 9.80. The summed E-state index contributed by atoms with van der Waals surface area (Å²) in [7, 11) is 0. The number of hydrogen-bond donors (Lipinski definition) is 0. The van der Waals surface area contributed by atoms with Crippen LogP contribution in [0, 0.1) is 11.8 Å². The third-order valence-corrected chi connectivity index (χ3v) is 3.28. The van der Waals surface area contributed by atoms with Crippen LogP contribution in [-0.4, -0.2) is 19.0 Å². The first-order valence-corrected chi connectivity index (χ1v) is 5.44. The fourth-order valence-corrected chi connectivity index (χ4v) is 2.17. The first-order valence-electron chi connectivity index (χ1n) is 5.44. The molecule has 0 spiro atoms. The van der Waals surface area contributed by atoms with Crippen LogP contribution in [0.3, 0.4) is 0 Å².